The van der Waals surface area contributed by atoms with Crippen molar-refractivity contribution in [3.63, 3.8) is 0 Å². The summed E-state index contributed by atoms with van der Waals surface area (Å²) in [6.45, 7) is 2.27. The standard InChI is InChI=1S/C25H26N6O/c26-19-8-10-31(11-9-19)24-16-27-15-23(30-24)21-14-28-22-7-6-18(12-20(21)22)25(32)29-13-17-4-2-1-3-5-17/h1-7,12,14-16,19,28H,8-11,13,26H2,(H,29,32). The van der Waals surface area contributed by atoms with Crippen LogP contribution in [0.4, 0.5) is 5.82 Å². The molecule has 0 unspecified atom stereocenters. The molecule has 2 aromatic carbocycles. The predicted molar refractivity (Wildman–Crippen MR) is 126 cm³/mol. The molecule has 0 saturated carbocycles. The zero-order valence-corrected chi connectivity index (χ0v) is 17.8. The number of carbonyl (C=O) groups excluding carboxylic acids is 1. The Bertz CT molecular complexity index is 1230. The molecule has 0 spiro atoms. The van der Waals surface area contributed by atoms with Crippen LogP contribution in [-0.4, -0.2) is 40.0 Å². The summed E-state index contributed by atoms with van der Waals surface area (Å²) >= 11 is 0. The van der Waals surface area contributed by atoms with Crippen molar-refractivity contribution in [1.29, 1.82) is 0 Å². The zero-order valence-electron chi connectivity index (χ0n) is 17.8. The van der Waals surface area contributed by atoms with Crippen molar-refractivity contribution in [2.24, 2.45) is 5.73 Å². The number of aromatic amines is 1. The summed E-state index contributed by atoms with van der Waals surface area (Å²) in [4.78, 5) is 27.6. The lowest BCUT2D eigenvalue weighted by Crippen LogP contribution is -2.40. The van der Waals surface area contributed by atoms with Crippen LogP contribution in [0, 0.1) is 0 Å². The second kappa shape index (κ2) is 8.80. The molecule has 0 bridgehead atoms. The molecule has 162 valence electrons. The highest BCUT2D eigenvalue weighted by molar-refractivity contribution is 6.02. The fourth-order valence-corrected chi connectivity index (χ4v) is 4.12. The number of benzene rings is 2. The summed E-state index contributed by atoms with van der Waals surface area (Å²) in [5, 5.41) is 3.94. The molecule has 1 aliphatic rings. The number of carbonyl (C=O) groups is 1. The van der Waals surface area contributed by atoms with E-state index in [0.717, 1.165) is 59.5 Å². The SMILES string of the molecule is NC1CCN(c2cncc(-c3c[nH]c4ccc(C(=O)NCc5ccccc5)cc34)n2)CC1. The largest absolute Gasteiger partial charge is 0.360 e. The lowest BCUT2D eigenvalue weighted by molar-refractivity contribution is 0.0951. The lowest BCUT2D eigenvalue weighted by Gasteiger charge is -2.30. The van der Waals surface area contributed by atoms with E-state index in [1.54, 1.807) is 12.4 Å². The highest BCUT2D eigenvalue weighted by Gasteiger charge is 2.19. The van der Waals surface area contributed by atoms with Gasteiger partial charge < -0.3 is 20.9 Å². The molecule has 32 heavy (non-hydrogen) atoms. The Morgan fingerprint density at radius 2 is 1.94 bits per heavy atom. The quantitative estimate of drug-likeness (QED) is 0.454. The van der Waals surface area contributed by atoms with Gasteiger partial charge in [0.1, 0.15) is 5.82 Å². The number of anilines is 1. The van der Waals surface area contributed by atoms with Gasteiger partial charge in [-0.2, -0.15) is 0 Å². The fraction of sp³-hybridized carbons (Fsp3) is 0.240. The molecule has 0 radical (unpaired) electrons. The van der Waals surface area contributed by atoms with Crippen molar-refractivity contribution < 1.29 is 4.79 Å². The van der Waals surface area contributed by atoms with Crippen LogP contribution >= 0.6 is 0 Å². The van der Waals surface area contributed by atoms with Crippen molar-refractivity contribution in [1.82, 2.24) is 20.3 Å². The van der Waals surface area contributed by atoms with Gasteiger partial charge in [0.05, 0.1) is 18.1 Å². The average Bonchev–Trinajstić information content (AvgIpc) is 3.27. The number of nitrogens with two attached hydrogens (primary N) is 1. The first-order chi connectivity index (χ1) is 15.7. The Balaban J connectivity index is 1.39. The third-order valence-corrected chi connectivity index (χ3v) is 6.00. The van der Waals surface area contributed by atoms with Gasteiger partial charge in [0, 0.05) is 53.9 Å². The number of aromatic nitrogens is 3. The smallest absolute Gasteiger partial charge is 0.251 e. The molecule has 4 N–H and O–H groups in total. The second-order valence-corrected chi connectivity index (χ2v) is 8.22. The summed E-state index contributed by atoms with van der Waals surface area (Å²) in [5.74, 6) is 0.757. The van der Waals surface area contributed by atoms with Crippen LogP contribution in [0.25, 0.3) is 22.2 Å². The van der Waals surface area contributed by atoms with Gasteiger partial charge in [-0.1, -0.05) is 30.3 Å². The molecule has 1 amide bonds. The fourth-order valence-electron chi connectivity index (χ4n) is 4.12. The van der Waals surface area contributed by atoms with Gasteiger partial charge >= 0.3 is 0 Å². The van der Waals surface area contributed by atoms with Crippen LogP contribution in [0.1, 0.15) is 28.8 Å². The number of amides is 1. The molecule has 7 nitrogen and oxygen atoms in total. The van der Waals surface area contributed by atoms with E-state index in [-0.39, 0.29) is 11.9 Å². The van der Waals surface area contributed by atoms with Crippen LogP contribution in [0.2, 0.25) is 0 Å². The van der Waals surface area contributed by atoms with Crippen molar-refractivity contribution in [3.8, 4) is 11.3 Å². The molecule has 5 rings (SSSR count). The Hall–Kier alpha value is -3.71. The number of nitrogens with zero attached hydrogens (tertiary/aromatic N) is 3. The minimum absolute atomic E-state index is 0.104. The number of piperidine rings is 1. The zero-order chi connectivity index (χ0) is 21.9. The number of rotatable bonds is 5. The first-order valence-electron chi connectivity index (χ1n) is 10.9. The number of H-pyrrole nitrogens is 1. The first kappa shape index (κ1) is 20.2. The van der Waals surface area contributed by atoms with Crippen LogP contribution in [0.3, 0.4) is 0 Å². The third-order valence-electron chi connectivity index (χ3n) is 6.00. The summed E-state index contributed by atoms with van der Waals surface area (Å²) in [6.07, 6.45) is 7.42. The van der Waals surface area contributed by atoms with Crippen LogP contribution < -0.4 is 16.0 Å². The molecule has 3 heterocycles. The molecule has 7 heteroatoms. The van der Waals surface area contributed by atoms with Crippen molar-refractivity contribution in [2.75, 3.05) is 18.0 Å². The van der Waals surface area contributed by atoms with Crippen LogP contribution in [0.15, 0.2) is 67.1 Å². The second-order valence-electron chi connectivity index (χ2n) is 8.22. The number of fused-ring (bicyclic) bond motifs is 1. The van der Waals surface area contributed by atoms with Crippen LogP contribution in [0.5, 0.6) is 0 Å². The van der Waals surface area contributed by atoms with Gasteiger partial charge in [-0.25, -0.2) is 4.98 Å². The number of nitrogens with one attached hydrogen (secondary N) is 2. The summed E-state index contributed by atoms with van der Waals surface area (Å²) in [7, 11) is 0. The lowest BCUT2D eigenvalue weighted by atomic mass is 10.1. The van der Waals surface area contributed by atoms with E-state index in [2.05, 4.69) is 20.2 Å². The highest BCUT2D eigenvalue weighted by atomic mass is 16.1. The first-order valence-corrected chi connectivity index (χ1v) is 10.9. The molecule has 0 aliphatic carbocycles. The van der Waals surface area contributed by atoms with Gasteiger partial charge in [-0.15, -0.1) is 0 Å². The molecular weight excluding hydrogens is 400 g/mol. The van der Waals surface area contributed by atoms with Crippen molar-refractivity contribution in [3.05, 3.63) is 78.2 Å². The molecule has 1 fully saturated rings. The van der Waals surface area contributed by atoms with Crippen LogP contribution in [-0.2, 0) is 6.54 Å². The molecule has 2 aromatic heterocycles. The number of hydrogen-bond acceptors (Lipinski definition) is 5. The summed E-state index contributed by atoms with van der Waals surface area (Å²) < 4.78 is 0. The minimum Gasteiger partial charge on any atom is -0.360 e. The Morgan fingerprint density at radius 1 is 1.12 bits per heavy atom. The average molecular weight is 427 g/mol. The maximum Gasteiger partial charge on any atom is 0.251 e. The molecule has 1 saturated heterocycles. The maximum absolute atomic E-state index is 12.8. The molecule has 4 aromatic rings. The summed E-state index contributed by atoms with van der Waals surface area (Å²) in [5.41, 5.74) is 10.4. The Morgan fingerprint density at radius 3 is 2.75 bits per heavy atom. The van der Waals surface area contributed by atoms with E-state index >= 15 is 0 Å². The predicted octanol–water partition coefficient (Wildman–Crippen LogP) is 3.48. The van der Waals surface area contributed by atoms with E-state index in [9.17, 15) is 4.79 Å². The van der Waals surface area contributed by atoms with Gasteiger partial charge in [-0.3, -0.25) is 9.78 Å². The monoisotopic (exact) mass is 426 g/mol. The Kier molecular flexibility index (Phi) is 5.56. The minimum atomic E-state index is -0.104. The van der Waals surface area contributed by atoms with Gasteiger partial charge in [0.15, 0.2) is 0 Å². The number of hydrogen-bond donors (Lipinski definition) is 3. The van der Waals surface area contributed by atoms with E-state index < -0.39 is 0 Å². The topological polar surface area (TPSA) is 99.9 Å². The third kappa shape index (κ3) is 4.20. The molecular formula is C25H26N6O. The Labute approximate surface area is 186 Å². The normalized spacial score (nSPS) is 14.6. The van der Waals surface area contributed by atoms with E-state index in [1.807, 2.05) is 54.7 Å². The van der Waals surface area contributed by atoms with E-state index in [0.29, 0.717) is 12.1 Å². The van der Waals surface area contributed by atoms with E-state index in [4.69, 9.17) is 10.7 Å². The van der Waals surface area contributed by atoms with Gasteiger partial charge in [-0.05, 0) is 36.6 Å². The van der Waals surface area contributed by atoms with Crippen molar-refractivity contribution >= 4 is 22.6 Å². The summed E-state index contributed by atoms with van der Waals surface area (Å²) in [6, 6.07) is 15.8. The van der Waals surface area contributed by atoms with Gasteiger partial charge in [0.25, 0.3) is 5.91 Å². The van der Waals surface area contributed by atoms with Crippen molar-refractivity contribution in [2.45, 2.75) is 25.4 Å². The highest BCUT2D eigenvalue weighted by Crippen LogP contribution is 2.29. The molecule has 0 atom stereocenters. The van der Waals surface area contributed by atoms with Gasteiger partial charge in [0.2, 0.25) is 0 Å². The van der Waals surface area contributed by atoms with E-state index in [1.165, 1.54) is 0 Å². The maximum atomic E-state index is 12.8. The molecule has 1 aliphatic heterocycles.